The minimum Gasteiger partial charge on any atom is -0.493 e. The van der Waals surface area contributed by atoms with E-state index in [1.165, 1.54) is 6.08 Å². The molecule has 3 aromatic carbocycles. The predicted molar refractivity (Wildman–Crippen MR) is 129 cm³/mol. The van der Waals surface area contributed by atoms with Crippen molar-refractivity contribution < 1.29 is 14.3 Å². The molecule has 0 radical (unpaired) electrons. The highest BCUT2D eigenvalue weighted by atomic mass is 32.1. The fourth-order valence-electron chi connectivity index (χ4n) is 3.09. The number of rotatable bonds is 8. The number of ether oxygens (including phenoxy) is 2. The van der Waals surface area contributed by atoms with E-state index in [0.717, 1.165) is 28.3 Å². The SMILES string of the molecule is CCCOc1ccc(CNC(=S)NC(=O)/C=C/c2cccc3ccccc23)cc1OC. The molecule has 3 rings (SSSR count). The van der Waals surface area contributed by atoms with Crippen LogP contribution in [0.5, 0.6) is 11.5 Å². The van der Waals surface area contributed by atoms with Crippen LogP contribution in [-0.4, -0.2) is 24.7 Å². The minimum absolute atomic E-state index is 0.262. The van der Waals surface area contributed by atoms with Crippen molar-refractivity contribution in [3.05, 3.63) is 77.9 Å². The monoisotopic (exact) mass is 434 g/mol. The lowest BCUT2D eigenvalue weighted by Gasteiger charge is -2.13. The van der Waals surface area contributed by atoms with E-state index in [9.17, 15) is 4.79 Å². The number of carbonyl (C=O) groups excluding carboxylic acids is 1. The Labute approximate surface area is 188 Å². The first kappa shape index (κ1) is 22.3. The van der Waals surface area contributed by atoms with Crippen LogP contribution in [0, 0.1) is 0 Å². The van der Waals surface area contributed by atoms with Gasteiger partial charge in [0, 0.05) is 12.6 Å². The van der Waals surface area contributed by atoms with Crippen LogP contribution in [0.2, 0.25) is 0 Å². The first-order chi connectivity index (χ1) is 15.1. The summed E-state index contributed by atoms with van der Waals surface area (Å²) in [6.45, 7) is 3.14. The smallest absolute Gasteiger partial charge is 0.250 e. The lowest BCUT2D eigenvalue weighted by Crippen LogP contribution is -2.37. The van der Waals surface area contributed by atoms with Crippen molar-refractivity contribution in [3.8, 4) is 11.5 Å². The zero-order valence-corrected chi connectivity index (χ0v) is 18.5. The number of thiocarbonyl (C=S) groups is 1. The molecule has 1 amide bonds. The molecule has 0 aliphatic rings. The third-order valence-corrected chi connectivity index (χ3v) is 4.86. The zero-order chi connectivity index (χ0) is 22.1. The molecule has 0 aliphatic carbocycles. The summed E-state index contributed by atoms with van der Waals surface area (Å²) in [5.74, 6) is 1.09. The van der Waals surface area contributed by atoms with E-state index < -0.39 is 0 Å². The molecule has 0 saturated carbocycles. The highest BCUT2D eigenvalue weighted by Crippen LogP contribution is 2.28. The molecular formula is C25H26N2O3S. The fourth-order valence-corrected chi connectivity index (χ4v) is 3.27. The van der Waals surface area contributed by atoms with Crippen molar-refractivity contribution in [2.75, 3.05) is 13.7 Å². The van der Waals surface area contributed by atoms with Gasteiger partial charge in [-0.05, 0) is 58.7 Å². The van der Waals surface area contributed by atoms with Crippen molar-refractivity contribution in [3.63, 3.8) is 0 Å². The second kappa shape index (κ2) is 11.1. The molecule has 0 saturated heterocycles. The van der Waals surface area contributed by atoms with E-state index in [2.05, 4.69) is 17.6 Å². The molecule has 0 atom stereocenters. The number of benzene rings is 3. The number of hydrogen-bond donors (Lipinski definition) is 2. The normalized spacial score (nSPS) is 10.8. The van der Waals surface area contributed by atoms with Gasteiger partial charge in [-0.25, -0.2) is 0 Å². The number of nitrogens with one attached hydrogen (secondary N) is 2. The first-order valence-corrected chi connectivity index (χ1v) is 10.6. The third-order valence-electron chi connectivity index (χ3n) is 4.62. The van der Waals surface area contributed by atoms with Crippen molar-refractivity contribution in [1.29, 1.82) is 0 Å². The van der Waals surface area contributed by atoms with Crippen LogP contribution in [0.3, 0.4) is 0 Å². The lowest BCUT2D eigenvalue weighted by molar-refractivity contribution is -0.115. The highest BCUT2D eigenvalue weighted by molar-refractivity contribution is 7.80. The molecule has 0 spiro atoms. The van der Waals surface area contributed by atoms with Gasteiger partial charge in [-0.1, -0.05) is 55.5 Å². The summed E-state index contributed by atoms with van der Waals surface area (Å²) in [5.41, 5.74) is 1.94. The van der Waals surface area contributed by atoms with Gasteiger partial charge in [-0.15, -0.1) is 0 Å². The molecule has 0 heterocycles. The average molecular weight is 435 g/mol. The Balaban J connectivity index is 1.54. The molecule has 160 valence electrons. The molecule has 5 nitrogen and oxygen atoms in total. The van der Waals surface area contributed by atoms with Crippen molar-refractivity contribution in [2.24, 2.45) is 0 Å². The van der Waals surface area contributed by atoms with Crippen LogP contribution >= 0.6 is 12.2 Å². The van der Waals surface area contributed by atoms with Gasteiger partial charge in [0.2, 0.25) is 5.91 Å². The number of carbonyl (C=O) groups is 1. The average Bonchev–Trinajstić information content (AvgIpc) is 2.80. The summed E-state index contributed by atoms with van der Waals surface area (Å²) < 4.78 is 11.1. The molecule has 6 heteroatoms. The van der Waals surface area contributed by atoms with Crippen LogP contribution < -0.4 is 20.1 Å². The summed E-state index contributed by atoms with van der Waals surface area (Å²) in [7, 11) is 1.61. The third kappa shape index (κ3) is 6.30. The van der Waals surface area contributed by atoms with Crippen molar-refractivity contribution in [1.82, 2.24) is 10.6 Å². The quantitative estimate of drug-likeness (QED) is 0.392. The van der Waals surface area contributed by atoms with E-state index in [4.69, 9.17) is 21.7 Å². The zero-order valence-electron chi connectivity index (χ0n) is 17.7. The van der Waals surface area contributed by atoms with Crippen LogP contribution in [-0.2, 0) is 11.3 Å². The summed E-state index contributed by atoms with van der Waals surface area (Å²) in [5, 5.41) is 8.20. The van der Waals surface area contributed by atoms with Gasteiger partial charge < -0.3 is 14.8 Å². The number of methoxy groups -OCH3 is 1. The van der Waals surface area contributed by atoms with Crippen LogP contribution in [0.1, 0.15) is 24.5 Å². The molecule has 0 bridgehead atoms. The maximum atomic E-state index is 12.3. The largest absolute Gasteiger partial charge is 0.493 e. The van der Waals surface area contributed by atoms with Crippen LogP contribution in [0.15, 0.2) is 66.7 Å². The van der Waals surface area contributed by atoms with Crippen LogP contribution in [0.4, 0.5) is 0 Å². The Hall–Kier alpha value is -3.38. The van der Waals surface area contributed by atoms with Gasteiger partial charge in [-0.3, -0.25) is 10.1 Å². The Morgan fingerprint density at radius 1 is 1.06 bits per heavy atom. The van der Waals surface area contributed by atoms with Crippen molar-refractivity contribution >= 4 is 40.1 Å². The maximum absolute atomic E-state index is 12.3. The number of fused-ring (bicyclic) bond motifs is 1. The molecule has 31 heavy (non-hydrogen) atoms. The topological polar surface area (TPSA) is 59.6 Å². The van der Waals surface area contributed by atoms with E-state index in [1.54, 1.807) is 13.2 Å². The maximum Gasteiger partial charge on any atom is 0.250 e. The second-order valence-electron chi connectivity index (χ2n) is 6.91. The fraction of sp³-hybridized carbons (Fsp3) is 0.200. The first-order valence-electron chi connectivity index (χ1n) is 10.1. The van der Waals surface area contributed by atoms with Gasteiger partial charge in [0.1, 0.15) is 0 Å². The van der Waals surface area contributed by atoms with E-state index in [1.807, 2.05) is 60.7 Å². The number of amides is 1. The molecule has 0 fully saturated rings. The van der Waals surface area contributed by atoms with Gasteiger partial charge in [-0.2, -0.15) is 0 Å². The predicted octanol–water partition coefficient (Wildman–Crippen LogP) is 4.84. The van der Waals surface area contributed by atoms with Gasteiger partial charge in [0.15, 0.2) is 16.6 Å². The Kier molecular flexibility index (Phi) is 8.01. The highest BCUT2D eigenvalue weighted by Gasteiger charge is 2.07. The van der Waals surface area contributed by atoms with Gasteiger partial charge >= 0.3 is 0 Å². The standard InChI is InChI=1S/C25H26N2O3S/c1-3-15-30-22-13-11-18(16-23(22)29-2)17-26-25(31)27-24(28)14-12-20-9-6-8-19-7-4-5-10-21(19)20/h4-14,16H,3,15,17H2,1-2H3,(H2,26,27,28,31)/b14-12+. The minimum atomic E-state index is -0.286. The molecule has 0 aromatic heterocycles. The second-order valence-corrected chi connectivity index (χ2v) is 7.32. The van der Waals surface area contributed by atoms with Crippen LogP contribution in [0.25, 0.3) is 16.8 Å². The van der Waals surface area contributed by atoms with Gasteiger partial charge in [0.25, 0.3) is 0 Å². The van der Waals surface area contributed by atoms with E-state index in [0.29, 0.717) is 24.7 Å². The molecule has 0 aliphatic heterocycles. The van der Waals surface area contributed by atoms with Gasteiger partial charge in [0.05, 0.1) is 13.7 Å². The summed E-state index contributed by atoms with van der Waals surface area (Å²) in [6.07, 6.45) is 4.20. The lowest BCUT2D eigenvalue weighted by atomic mass is 10.0. The Morgan fingerprint density at radius 3 is 2.68 bits per heavy atom. The van der Waals surface area contributed by atoms with Crippen molar-refractivity contribution in [2.45, 2.75) is 19.9 Å². The molecule has 2 N–H and O–H groups in total. The molecule has 0 unspecified atom stereocenters. The molecule has 3 aromatic rings. The summed E-state index contributed by atoms with van der Waals surface area (Å²) >= 11 is 5.25. The summed E-state index contributed by atoms with van der Waals surface area (Å²) in [4.78, 5) is 12.3. The number of hydrogen-bond acceptors (Lipinski definition) is 4. The van der Waals surface area contributed by atoms with E-state index in [-0.39, 0.29) is 11.0 Å². The Morgan fingerprint density at radius 2 is 1.87 bits per heavy atom. The summed E-state index contributed by atoms with van der Waals surface area (Å²) in [6, 6.07) is 19.7. The van der Waals surface area contributed by atoms with E-state index >= 15 is 0 Å². The molecular weight excluding hydrogens is 408 g/mol. The Bertz CT molecular complexity index is 1090.